The minimum atomic E-state index is -2.50. The zero-order valence-electron chi connectivity index (χ0n) is 10.2. The highest BCUT2D eigenvalue weighted by molar-refractivity contribution is 5.42. The van der Waals surface area contributed by atoms with Crippen molar-refractivity contribution in [1.29, 1.82) is 0 Å². The number of rotatable bonds is 6. The standard InChI is InChI=1S/C12H17F2NO2/c1-4-15-11(12(13)14)9-7-8(16-2)5-6-10(9)17-3/h5-7,11-12,15H,4H2,1-3H3. The Hall–Kier alpha value is -1.36. The molecule has 0 fully saturated rings. The van der Waals surface area contributed by atoms with E-state index in [0.717, 1.165) is 0 Å². The fourth-order valence-corrected chi connectivity index (χ4v) is 1.64. The van der Waals surface area contributed by atoms with Crippen molar-refractivity contribution < 1.29 is 18.3 Å². The van der Waals surface area contributed by atoms with Crippen LogP contribution in [0.3, 0.4) is 0 Å². The van der Waals surface area contributed by atoms with Crippen molar-refractivity contribution in [3.8, 4) is 11.5 Å². The lowest BCUT2D eigenvalue weighted by molar-refractivity contribution is 0.0978. The minimum absolute atomic E-state index is 0.406. The third-order valence-electron chi connectivity index (χ3n) is 2.45. The van der Waals surface area contributed by atoms with Crippen LogP contribution in [-0.4, -0.2) is 27.2 Å². The molecule has 0 bridgehead atoms. The Kier molecular flexibility index (Phi) is 5.15. The maximum absolute atomic E-state index is 13.0. The summed E-state index contributed by atoms with van der Waals surface area (Å²) >= 11 is 0. The monoisotopic (exact) mass is 245 g/mol. The molecule has 1 unspecified atom stereocenters. The van der Waals surface area contributed by atoms with Gasteiger partial charge in [0.1, 0.15) is 11.5 Å². The molecule has 1 N–H and O–H groups in total. The Morgan fingerprint density at radius 2 is 1.94 bits per heavy atom. The lowest BCUT2D eigenvalue weighted by Crippen LogP contribution is -2.27. The molecule has 1 rings (SSSR count). The van der Waals surface area contributed by atoms with Gasteiger partial charge in [-0.25, -0.2) is 8.78 Å². The smallest absolute Gasteiger partial charge is 0.257 e. The van der Waals surface area contributed by atoms with E-state index in [9.17, 15) is 8.78 Å². The number of halogens is 2. The molecular weight excluding hydrogens is 228 g/mol. The minimum Gasteiger partial charge on any atom is -0.497 e. The van der Waals surface area contributed by atoms with Crippen LogP contribution in [-0.2, 0) is 0 Å². The molecule has 0 saturated heterocycles. The molecule has 0 spiro atoms. The second-order valence-corrected chi connectivity index (χ2v) is 3.48. The van der Waals surface area contributed by atoms with Crippen LogP contribution >= 0.6 is 0 Å². The molecular formula is C12H17F2NO2. The van der Waals surface area contributed by atoms with E-state index in [1.807, 2.05) is 0 Å². The fourth-order valence-electron chi connectivity index (χ4n) is 1.64. The van der Waals surface area contributed by atoms with E-state index in [2.05, 4.69) is 5.32 Å². The van der Waals surface area contributed by atoms with Gasteiger partial charge < -0.3 is 14.8 Å². The molecule has 5 heteroatoms. The molecule has 17 heavy (non-hydrogen) atoms. The van der Waals surface area contributed by atoms with Crippen LogP contribution in [0.4, 0.5) is 8.78 Å². The quantitative estimate of drug-likeness (QED) is 0.835. The molecule has 0 aliphatic carbocycles. The second-order valence-electron chi connectivity index (χ2n) is 3.48. The molecule has 0 heterocycles. The van der Waals surface area contributed by atoms with Gasteiger partial charge in [-0.15, -0.1) is 0 Å². The second kappa shape index (κ2) is 6.39. The zero-order valence-corrected chi connectivity index (χ0v) is 10.2. The Bertz CT molecular complexity index is 358. The number of methoxy groups -OCH3 is 2. The predicted molar refractivity (Wildman–Crippen MR) is 62.0 cm³/mol. The SMILES string of the molecule is CCNC(c1cc(OC)ccc1OC)C(F)F. The summed E-state index contributed by atoms with van der Waals surface area (Å²) in [4.78, 5) is 0. The molecule has 0 aliphatic rings. The van der Waals surface area contributed by atoms with Gasteiger partial charge in [0.2, 0.25) is 0 Å². The number of nitrogens with one attached hydrogen (secondary N) is 1. The number of ether oxygens (including phenoxy) is 2. The Morgan fingerprint density at radius 1 is 1.24 bits per heavy atom. The van der Waals surface area contributed by atoms with Gasteiger partial charge in [-0.05, 0) is 24.7 Å². The van der Waals surface area contributed by atoms with Crippen molar-refractivity contribution >= 4 is 0 Å². The van der Waals surface area contributed by atoms with E-state index in [1.54, 1.807) is 25.1 Å². The first-order chi connectivity index (χ1) is 8.13. The van der Waals surface area contributed by atoms with Crippen LogP contribution < -0.4 is 14.8 Å². The van der Waals surface area contributed by atoms with Crippen molar-refractivity contribution in [2.45, 2.75) is 19.4 Å². The van der Waals surface area contributed by atoms with Crippen LogP contribution in [0.1, 0.15) is 18.5 Å². The molecule has 96 valence electrons. The largest absolute Gasteiger partial charge is 0.497 e. The topological polar surface area (TPSA) is 30.5 Å². The van der Waals surface area contributed by atoms with Crippen LogP contribution in [0.15, 0.2) is 18.2 Å². The first-order valence-electron chi connectivity index (χ1n) is 5.37. The summed E-state index contributed by atoms with van der Waals surface area (Å²) in [6.45, 7) is 2.23. The van der Waals surface area contributed by atoms with Crippen molar-refractivity contribution in [3.63, 3.8) is 0 Å². The Labute approximate surface area is 99.7 Å². The van der Waals surface area contributed by atoms with Gasteiger partial charge in [0, 0.05) is 5.56 Å². The summed E-state index contributed by atoms with van der Waals surface area (Å²) in [5.74, 6) is 0.960. The molecule has 0 aromatic heterocycles. The normalized spacial score (nSPS) is 12.6. The Morgan fingerprint density at radius 3 is 2.41 bits per heavy atom. The Balaban J connectivity index is 3.13. The average molecular weight is 245 g/mol. The number of hydrogen-bond donors (Lipinski definition) is 1. The third kappa shape index (κ3) is 3.30. The number of alkyl halides is 2. The summed E-state index contributed by atoms with van der Waals surface area (Å²) in [7, 11) is 2.95. The van der Waals surface area contributed by atoms with E-state index in [0.29, 0.717) is 23.6 Å². The molecule has 0 radical (unpaired) electrons. The van der Waals surface area contributed by atoms with Gasteiger partial charge in [0.25, 0.3) is 6.43 Å². The van der Waals surface area contributed by atoms with E-state index < -0.39 is 12.5 Å². The molecule has 1 aromatic rings. The van der Waals surface area contributed by atoms with Crippen molar-refractivity contribution in [2.24, 2.45) is 0 Å². The fraction of sp³-hybridized carbons (Fsp3) is 0.500. The highest BCUT2D eigenvalue weighted by Crippen LogP contribution is 2.32. The highest BCUT2D eigenvalue weighted by Gasteiger charge is 2.25. The van der Waals surface area contributed by atoms with Crippen LogP contribution in [0.25, 0.3) is 0 Å². The highest BCUT2D eigenvalue weighted by atomic mass is 19.3. The van der Waals surface area contributed by atoms with Crippen LogP contribution in [0.2, 0.25) is 0 Å². The maximum atomic E-state index is 13.0. The van der Waals surface area contributed by atoms with Gasteiger partial charge in [-0.1, -0.05) is 6.92 Å². The molecule has 3 nitrogen and oxygen atoms in total. The van der Waals surface area contributed by atoms with Crippen LogP contribution in [0.5, 0.6) is 11.5 Å². The first-order valence-corrected chi connectivity index (χ1v) is 5.37. The summed E-state index contributed by atoms with van der Waals surface area (Å²) < 4.78 is 36.1. The van der Waals surface area contributed by atoms with Crippen molar-refractivity contribution in [2.75, 3.05) is 20.8 Å². The van der Waals surface area contributed by atoms with E-state index >= 15 is 0 Å². The molecule has 0 saturated carbocycles. The molecule has 1 aromatic carbocycles. The lowest BCUT2D eigenvalue weighted by atomic mass is 10.1. The van der Waals surface area contributed by atoms with Crippen molar-refractivity contribution in [1.82, 2.24) is 5.32 Å². The lowest BCUT2D eigenvalue weighted by Gasteiger charge is -2.20. The van der Waals surface area contributed by atoms with Gasteiger partial charge >= 0.3 is 0 Å². The molecule has 0 aliphatic heterocycles. The first kappa shape index (κ1) is 13.7. The van der Waals surface area contributed by atoms with Gasteiger partial charge in [0.05, 0.1) is 20.3 Å². The summed E-state index contributed by atoms with van der Waals surface area (Å²) in [6.07, 6.45) is -2.50. The number of benzene rings is 1. The van der Waals surface area contributed by atoms with E-state index in [-0.39, 0.29) is 0 Å². The average Bonchev–Trinajstić information content (AvgIpc) is 2.34. The third-order valence-corrected chi connectivity index (χ3v) is 2.45. The summed E-state index contributed by atoms with van der Waals surface area (Å²) in [5, 5.41) is 2.74. The summed E-state index contributed by atoms with van der Waals surface area (Å²) in [6, 6.07) is 3.82. The molecule has 0 amide bonds. The maximum Gasteiger partial charge on any atom is 0.257 e. The zero-order chi connectivity index (χ0) is 12.8. The van der Waals surface area contributed by atoms with Gasteiger partial charge in [-0.3, -0.25) is 0 Å². The summed E-state index contributed by atoms with van der Waals surface area (Å²) in [5.41, 5.74) is 0.406. The number of hydrogen-bond acceptors (Lipinski definition) is 3. The van der Waals surface area contributed by atoms with E-state index in [1.165, 1.54) is 14.2 Å². The molecule has 1 atom stereocenters. The van der Waals surface area contributed by atoms with Gasteiger partial charge in [-0.2, -0.15) is 0 Å². The van der Waals surface area contributed by atoms with Crippen molar-refractivity contribution in [3.05, 3.63) is 23.8 Å². The van der Waals surface area contributed by atoms with E-state index in [4.69, 9.17) is 9.47 Å². The van der Waals surface area contributed by atoms with Gasteiger partial charge in [0.15, 0.2) is 0 Å². The predicted octanol–water partition coefficient (Wildman–Crippen LogP) is 2.62. The van der Waals surface area contributed by atoms with Crippen LogP contribution in [0, 0.1) is 0 Å².